The van der Waals surface area contributed by atoms with Crippen LogP contribution in [0, 0.1) is 13.8 Å². The van der Waals surface area contributed by atoms with Crippen LogP contribution in [0.15, 0.2) is 54.7 Å². The summed E-state index contributed by atoms with van der Waals surface area (Å²) in [6, 6.07) is 16.5. The Kier molecular flexibility index (Phi) is 4.94. The Bertz CT molecular complexity index is 888. The minimum absolute atomic E-state index is 0.202. The normalized spacial score (nSPS) is 20.0. The first-order valence-electron chi connectivity index (χ1n) is 9.54. The zero-order valence-electron chi connectivity index (χ0n) is 15.9. The SMILES string of the molecule is Cc1cc(C)n(Cc2ccc(N3CC[C@@H](c4ccccc4)[C@H](O)C3)nc2)n1. The Balaban J connectivity index is 1.42. The molecule has 1 aliphatic rings. The van der Waals surface area contributed by atoms with E-state index in [4.69, 9.17) is 0 Å². The van der Waals surface area contributed by atoms with Crippen molar-refractivity contribution in [3.05, 3.63) is 77.2 Å². The second-order valence-electron chi connectivity index (χ2n) is 7.43. The average molecular weight is 362 g/mol. The van der Waals surface area contributed by atoms with E-state index in [1.807, 2.05) is 36.0 Å². The third kappa shape index (κ3) is 3.88. The number of hydrogen-bond donors (Lipinski definition) is 1. The quantitative estimate of drug-likeness (QED) is 0.774. The fourth-order valence-corrected chi connectivity index (χ4v) is 3.93. The summed E-state index contributed by atoms with van der Waals surface area (Å²) in [5.41, 5.74) is 4.54. The van der Waals surface area contributed by atoms with Gasteiger partial charge in [0.15, 0.2) is 0 Å². The Morgan fingerprint density at radius 2 is 1.93 bits per heavy atom. The van der Waals surface area contributed by atoms with Crippen molar-refractivity contribution in [3.63, 3.8) is 0 Å². The zero-order chi connectivity index (χ0) is 18.8. The second-order valence-corrected chi connectivity index (χ2v) is 7.43. The van der Waals surface area contributed by atoms with E-state index >= 15 is 0 Å². The highest BCUT2D eigenvalue weighted by Crippen LogP contribution is 2.30. The molecule has 0 bridgehead atoms. The molecule has 0 saturated carbocycles. The van der Waals surface area contributed by atoms with Gasteiger partial charge in [-0.25, -0.2) is 4.98 Å². The van der Waals surface area contributed by atoms with Crippen LogP contribution in [0.3, 0.4) is 0 Å². The molecule has 4 rings (SSSR count). The third-order valence-corrected chi connectivity index (χ3v) is 5.38. The van der Waals surface area contributed by atoms with Crippen molar-refractivity contribution in [1.82, 2.24) is 14.8 Å². The number of anilines is 1. The van der Waals surface area contributed by atoms with Crippen LogP contribution >= 0.6 is 0 Å². The standard InChI is InChI=1S/C22H26N4O/c1-16-12-17(2)26(24-16)14-18-8-9-22(23-13-18)25-11-10-20(21(27)15-25)19-6-4-3-5-7-19/h3-9,12-13,20-21,27H,10-11,14-15H2,1-2H3/t20-,21+/m0/s1. The molecule has 1 aliphatic heterocycles. The first-order valence-corrected chi connectivity index (χ1v) is 9.54. The summed E-state index contributed by atoms with van der Waals surface area (Å²) in [6.07, 6.45) is 2.47. The van der Waals surface area contributed by atoms with E-state index < -0.39 is 0 Å². The summed E-state index contributed by atoms with van der Waals surface area (Å²) < 4.78 is 2.00. The molecule has 140 valence electrons. The molecular formula is C22H26N4O. The van der Waals surface area contributed by atoms with Gasteiger partial charge in [-0.3, -0.25) is 4.68 Å². The van der Waals surface area contributed by atoms with Gasteiger partial charge in [0.2, 0.25) is 0 Å². The van der Waals surface area contributed by atoms with E-state index in [2.05, 4.69) is 52.2 Å². The lowest BCUT2D eigenvalue weighted by Crippen LogP contribution is -2.43. The highest BCUT2D eigenvalue weighted by Gasteiger charge is 2.29. The first kappa shape index (κ1) is 17.7. The third-order valence-electron chi connectivity index (χ3n) is 5.38. The van der Waals surface area contributed by atoms with Crippen molar-refractivity contribution in [3.8, 4) is 0 Å². The Hall–Kier alpha value is -2.66. The summed E-state index contributed by atoms with van der Waals surface area (Å²) in [5, 5.41) is 15.2. The topological polar surface area (TPSA) is 54.2 Å². The number of aliphatic hydroxyl groups excluding tert-OH is 1. The maximum Gasteiger partial charge on any atom is 0.128 e. The molecule has 0 aliphatic carbocycles. The highest BCUT2D eigenvalue weighted by atomic mass is 16.3. The van der Waals surface area contributed by atoms with Crippen LogP contribution < -0.4 is 4.90 Å². The highest BCUT2D eigenvalue weighted by molar-refractivity contribution is 5.41. The van der Waals surface area contributed by atoms with E-state index in [0.29, 0.717) is 6.54 Å². The Labute approximate surface area is 160 Å². The van der Waals surface area contributed by atoms with E-state index in [1.54, 1.807) is 0 Å². The molecule has 1 saturated heterocycles. The van der Waals surface area contributed by atoms with Gasteiger partial charge < -0.3 is 10.0 Å². The van der Waals surface area contributed by atoms with E-state index in [1.165, 1.54) is 5.56 Å². The fourth-order valence-electron chi connectivity index (χ4n) is 3.93. The van der Waals surface area contributed by atoms with Crippen LogP contribution in [0.4, 0.5) is 5.82 Å². The fraction of sp³-hybridized carbons (Fsp3) is 0.364. The number of benzene rings is 1. The summed E-state index contributed by atoms with van der Waals surface area (Å²) >= 11 is 0. The van der Waals surface area contributed by atoms with Crippen molar-refractivity contribution in [2.24, 2.45) is 0 Å². The minimum Gasteiger partial charge on any atom is -0.391 e. The van der Waals surface area contributed by atoms with Crippen LogP contribution in [0.2, 0.25) is 0 Å². The van der Waals surface area contributed by atoms with Gasteiger partial charge >= 0.3 is 0 Å². The van der Waals surface area contributed by atoms with Crippen LogP contribution in [0.25, 0.3) is 0 Å². The summed E-state index contributed by atoms with van der Waals surface area (Å²) in [4.78, 5) is 6.82. The predicted molar refractivity (Wildman–Crippen MR) is 107 cm³/mol. The number of nitrogens with zero attached hydrogens (tertiary/aromatic N) is 4. The van der Waals surface area contributed by atoms with Gasteiger partial charge in [0, 0.05) is 30.9 Å². The van der Waals surface area contributed by atoms with Gasteiger partial charge in [0.05, 0.1) is 18.3 Å². The molecule has 3 heterocycles. The molecule has 1 aromatic carbocycles. The molecule has 1 fully saturated rings. The summed E-state index contributed by atoms with van der Waals surface area (Å²) in [7, 11) is 0. The molecule has 0 spiro atoms. The summed E-state index contributed by atoms with van der Waals surface area (Å²) in [6.45, 7) is 6.32. The van der Waals surface area contributed by atoms with Crippen LogP contribution in [0.5, 0.6) is 0 Å². The number of piperidine rings is 1. The smallest absolute Gasteiger partial charge is 0.128 e. The van der Waals surface area contributed by atoms with E-state index in [0.717, 1.165) is 42.3 Å². The predicted octanol–water partition coefficient (Wildman–Crippen LogP) is 3.30. The maximum absolute atomic E-state index is 10.7. The van der Waals surface area contributed by atoms with Crippen LogP contribution in [-0.4, -0.2) is 39.1 Å². The molecule has 1 N–H and O–H groups in total. The van der Waals surface area contributed by atoms with Gasteiger partial charge in [-0.15, -0.1) is 0 Å². The number of aryl methyl sites for hydroxylation is 2. The Morgan fingerprint density at radius 1 is 1.11 bits per heavy atom. The minimum atomic E-state index is -0.377. The van der Waals surface area contributed by atoms with Crippen molar-refractivity contribution in [2.75, 3.05) is 18.0 Å². The first-order chi connectivity index (χ1) is 13.1. The molecule has 2 aromatic heterocycles. The number of rotatable bonds is 4. The largest absolute Gasteiger partial charge is 0.391 e. The van der Waals surface area contributed by atoms with Gasteiger partial charge in [-0.05, 0) is 43.5 Å². The van der Waals surface area contributed by atoms with Crippen LogP contribution in [-0.2, 0) is 6.54 Å². The van der Waals surface area contributed by atoms with Gasteiger partial charge in [0.1, 0.15) is 5.82 Å². The van der Waals surface area contributed by atoms with Gasteiger partial charge in [-0.2, -0.15) is 5.10 Å². The molecule has 0 unspecified atom stereocenters. The number of aromatic nitrogens is 3. The summed E-state index contributed by atoms with van der Waals surface area (Å²) in [5.74, 6) is 1.13. The van der Waals surface area contributed by atoms with Crippen molar-refractivity contribution in [1.29, 1.82) is 0 Å². The maximum atomic E-state index is 10.7. The van der Waals surface area contributed by atoms with Crippen LogP contribution in [0.1, 0.15) is 34.9 Å². The molecule has 5 nitrogen and oxygen atoms in total. The average Bonchev–Trinajstić information content (AvgIpc) is 3.00. The molecule has 5 heteroatoms. The van der Waals surface area contributed by atoms with Crippen molar-refractivity contribution >= 4 is 5.82 Å². The van der Waals surface area contributed by atoms with Crippen molar-refractivity contribution in [2.45, 2.75) is 38.8 Å². The molecule has 2 atom stereocenters. The number of β-amino-alcohol motifs (C(OH)–C–C–N with tert-alkyl or cyclic N) is 1. The number of hydrogen-bond acceptors (Lipinski definition) is 4. The number of pyridine rings is 1. The molecule has 3 aromatic rings. The van der Waals surface area contributed by atoms with E-state index in [9.17, 15) is 5.11 Å². The van der Waals surface area contributed by atoms with Gasteiger partial charge in [0.25, 0.3) is 0 Å². The Morgan fingerprint density at radius 3 is 2.56 bits per heavy atom. The zero-order valence-corrected chi connectivity index (χ0v) is 15.9. The lowest BCUT2D eigenvalue weighted by Gasteiger charge is -2.37. The molecule has 0 radical (unpaired) electrons. The molecule has 27 heavy (non-hydrogen) atoms. The van der Waals surface area contributed by atoms with E-state index in [-0.39, 0.29) is 12.0 Å². The monoisotopic (exact) mass is 362 g/mol. The second kappa shape index (κ2) is 7.53. The van der Waals surface area contributed by atoms with Crippen molar-refractivity contribution < 1.29 is 5.11 Å². The molecular weight excluding hydrogens is 336 g/mol. The molecule has 0 amide bonds. The lowest BCUT2D eigenvalue weighted by atomic mass is 9.87. The van der Waals surface area contributed by atoms with Gasteiger partial charge in [-0.1, -0.05) is 36.4 Å². The lowest BCUT2D eigenvalue weighted by molar-refractivity contribution is 0.129. The number of aliphatic hydroxyl groups is 1.